The lowest BCUT2D eigenvalue weighted by molar-refractivity contribution is -0.144. The monoisotopic (exact) mass is 315 g/mol. The van der Waals surface area contributed by atoms with Gasteiger partial charge < -0.3 is 4.74 Å². The van der Waals surface area contributed by atoms with E-state index in [4.69, 9.17) is 0 Å². The number of rotatable bonds is 4. The molecule has 8 heteroatoms. The zero-order valence-corrected chi connectivity index (χ0v) is 11.5. The fourth-order valence-electron chi connectivity index (χ4n) is 1.30. The topological polar surface area (TPSA) is 72.5 Å². The number of halogens is 3. The summed E-state index contributed by atoms with van der Waals surface area (Å²) in [6, 6.07) is 3.32. The summed E-state index contributed by atoms with van der Waals surface area (Å²) in [6.07, 6.45) is -4.51. The summed E-state index contributed by atoms with van der Waals surface area (Å²) in [4.78, 5) is 34.0. The maximum Gasteiger partial charge on any atom is 0.416 e. The molecule has 0 bridgehead atoms. The minimum Gasteiger partial charge on any atom is -0.452 e. The Labute approximate surface area is 123 Å². The van der Waals surface area contributed by atoms with Crippen molar-refractivity contribution in [3.8, 4) is 0 Å². The van der Waals surface area contributed by atoms with Crippen LogP contribution in [0.5, 0.6) is 0 Å². The Morgan fingerprint density at radius 2 is 1.73 bits per heavy atom. The summed E-state index contributed by atoms with van der Waals surface area (Å²) in [5.74, 6) is -2.60. The summed E-state index contributed by atoms with van der Waals surface area (Å²) < 4.78 is 41.6. The molecular weight excluding hydrogens is 303 g/mol. The SMILES string of the molecule is C=C(C)C(=O)OCC(=O)NC(=O)c1ccc(C(F)(F)F)cc1. The minimum absolute atomic E-state index is 0.0851. The Morgan fingerprint density at radius 3 is 2.18 bits per heavy atom. The van der Waals surface area contributed by atoms with Gasteiger partial charge in [-0.1, -0.05) is 6.58 Å². The fraction of sp³-hybridized carbons (Fsp3) is 0.214. The molecule has 0 aliphatic carbocycles. The lowest BCUT2D eigenvalue weighted by Gasteiger charge is -2.08. The van der Waals surface area contributed by atoms with Crippen LogP contribution in [0.15, 0.2) is 36.4 Å². The Bertz CT molecular complexity index is 606. The number of carbonyl (C=O) groups excluding carboxylic acids is 3. The number of hydrogen-bond acceptors (Lipinski definition) is 4. The third kappa shape index (κ3) is 5.04. The number of amides is 2. The maximum atomic E-state index is 12.4. The minimum atomic E-state index is -4.51. The highest BCUT2D eigenvalue weighted by Gasteiger charge is 2.30. The van der Waals surface area contributed by atoms with Gasteiger partial charge in [0.05, 0.1) is 5.56 Å². The summed E-state index contributed by atoms with van der Waals surface area (Å²) in [7, 11) is 0. The molecule has 0 unspecified atom stereocenters. The summed E-state index contributed by atoms with van der Waals surface area (Å²) in [5, 5.41) is 1.88. The van der Waals surface area contributed by atoms with Crippen molar-refractivity contribution in [1.82, 2.24) is 5.32 Å². The molecule has 118 valence electrons. The van der Waals surface area contributed by atoms with Gasteiger partial charge in [0.2, 0.25) is 0 Å². The average Bonchev–Trinajstić information content (AvgIpc) is 2.43. The van der Waals surface area contributed by atoms with Crippen molar-refractivity contribution in [2.45, 2.75) is 13.1 Å². The van der Waals surface area contributed by atoms with Crippen LogP contribution in [-0.2, 0) is 20.5 Å². The van der Waals surface area contributed by atoms with Crippen LogP contribution >= 0.6 is 0 Å². The third-order valence-corrected chi connectivity index (χ3v) is 2.41. The van der Waals surface area contributed by atoms with Gasteiger partial charge in [0.1, 0.15) is 0 Å². The van der Waals surface area contributed by atoms with Gasteiger partial charge in [-0.2, -0.15) is 13.2 Å². The van der Waals surface area contributed by atoms with E-state index in [-0.39, 0.29) is 11.1 Å². The molecular formula is C14H12F3NO4. The van der Waals surface area contributed by atoms with E-state index in [1.165, 1.54) is 6.92 Å². The average molecular weight is 315 g/mol. The largest absolute Gasteiger partial charge is 0.452 e. The molecule has 22 heavy (non-hydrogen) atoms. The van der Waals surface area contributed by atoms with Crippen molar-refractivity contribution in [3.05, 3.63) is 47.5 Å². The first-order valence-electron chi connectivity index (χ1n) is 5.95. The summed E-state index contributed by atoms with van der Waals surface area (Å²) in [5.41, 5.74) is -0.958. The molecule has 0 saturated heterocycles. The van der Waals surface area contributed by atoms with Crippen molar-refractivity contribution in [2.75, 3.05) is 6.61 Å². The van der Waals surface area contributed by atoms with Crippen molar-refractivity contribution in [1.29, 1.82) is 0 Å². The summed E-state index contributed by atoms with van der Waals surface area (Å²) in [6.45, 7) is 3.99. The number of carbonyl (C=O) groups is 3. The Hall–Kier alpha value is -2.64. The highest BCUT2D eigenvalue weighted by atomic mass is 19.4. The molecule has 0 radical (unpaired) electrons. The first-order chi connectivity index (χ1) is 10.1. The quantitative estimate of drug-likeness (QED) is 0.682. The van der Waals surface area contributed by atoms with Gasteiger partial charge in [-0.3, -0.25) is 14.9 Å². The molecule has 0 aromatic heterocycles. The second-order valence-corrected chi connectivity index (χ2v) is 4.31. The molecule has 1 aromatic rings. The predicted octanol–water partition coefficient (Wildman–Crippen LogP) is 2.08. The molecule has 1 rings (SSSR count). The van der Waals surface area contributed by atoms with Crippen LogP contribution in [0.25, 0.3) is 0 Å². The number of ether oxygens (including phenoxy) is 1. The molecule has 0 saturated carbocycles. The van der Waals surface area contributed by atoms with Crippen LogP contribution in [0.3, 0.4) is 0 Å². The van der Waals surface area contributed by atoms with E-state index in [2.05, 4.69) is 11.3 Å². The third-order valence-electron chi connectivity index (χ3n) is 2.41. The van der Waals surface area contributed by atoms with E-state index in [1.807, 2.05) is 5.32 Å². The predicted molar refractivity (Wildman–Crippen MR) is 69.7 cm³/mol. The van der Waals surface area contributed by atoms with Crippen LogP contribution in [0, 0.1) is 0 Å². The number of esters is 1. The molecule has 0 aliphatic rings. The Morgan fingerprint density at radius 1 is 1.18 bits per heavy atom. The second kappa shape index (κ2) is 6.88. The van der Waals surface area contributed by atoms with Crippen molar-refractivity contribution in [3.63, 3.8) is 0 Å². The van der Waals surface area contributed by atoms with Gasteiger partial charge in [-0.15, -0.1) is 0 Å². The molecule has 0 spiro atoms. The van der Waals surface area contributed by atoms with Gasteiger partial charge in [-0.05, 0) is 31.2 Å². The van der Waals surface area contributed by atoms with E-state index in [9.17, 15) is 27.6 Å². The van der Waals surface area contributed by atoms with Crippen LogP contribution in [0.4, 0.5) is 13.2 Å². The van der Waals surface area contributed by atoms with Crippen molar-refractivity contribution < 1.29 is 32.3 Å². The molecule has 0 atom stereocenters. The van der Waals surface area contributed by atoms with Crippen LogP contribution in [0.2, 0.25) is 0 Å². The zero-order chi connectivity index (χ0) is 16.9. The lowest BCUT2D eigenvalue weighted by atomic mass is 10.1. The molecule has 2 amide bonds. The van der Waals surface area contributed by atoms with Crippen LogP contribution in [0.1, 0.15) is 22.8 Å². The Kier molecular flexibility index (Phi) is 5.44. The lowest BCUT2D eigenvalue weighted by Crippen LogP contribution is -2.34. The van der Waals surface area contributed by atoms with Crippen LogP contribution < -0.4 is 5.32 Å². The van der Waals surface area contributed by atoms with Gasteiger partial charge in [0.25, 0.3) is 11.8 Å². The second-order valence-electron chi connectivity index (χ2n) is 4.31. The summed E-state index contributed by atoms with van der Waals surface area (Å²) >= 11 is 0. The van der Waals surface area contributed by atoms with E-state index in [0.717, 1.165) is 24.3 Å². The van der Waals surface area contributed by atoms with E-state index < -0.39 is 36.1 Å². The Balaban J connectivity index is 2.60. The number of nitrogens with one attached hydrogen (secondary N) is 1. The van der Waals surface area contributed by atoms with Gasteiger partial charge in [0, 0.05) is 11.1 Å². The standard InChI is InChI=1S/C14H12F3NO4/c1-8(2)13(21)22-7-11(19)18-12(20)9-3-5-10(6-4-9)14(15,16)17/h3-6H,1,7H2,2H3,(H,18,19,20). The van der Waals surface area contributed by atoms with E-state index >= 15 is 0 Å². The van der Waals surface area contributed by atoms with Gasteiger partial charge in [-0.25, -0.2) is 4.79 Å². The number of imide groups is 1. The highest BCUT2D eigenvalue weighted by Crippen LogP contribution is 2.28. The number of alkyl halides is 3. The van der Waals surface area contributed by atoms with Gasteiger partial charge in [0.15, 0.2) is 6.61 Å². The number of hydrogen-bond donors (Lipinski definition) is 1. The van der Waals surface area contributed by atoms with Gasteiger partial charge >= 0.3 is 12.1 Å². The molecule has 1 N–H and O–H groups in total. The molecule has 1 aromatic carbocycles. The van der Waals surface area contributed by atoms with Crippen LogP contribution in [-0.4, -0.2) is 24.4 Å². The maximum absolute atomic E-state index is 12.4. The first-order valence-corrected chi connectivity index (χ1v) is 5.95. The highest BCUT2D eigenvalue weighted by molar-refractivity contribution is 6.05. The zero-order valence-electron chi connectivity index (χ0n) is 11.5. The fourth-order valence-corrected chi connectivity index (χ4v) is 1.30. The smallest absolute Gasteiger partial charge is 0.416 e. The first kappa shape index (κ1) is 17.4. The molecule has 0 aliphatic heterocycles. The van der Waals surface area contributed by atoms with Crippen molar-refractivity contribution >= 4 is 17.8 Å². The van der Waals surface area contributed by atoms with E-state index in [0.29, 0.717) is 0 Å². The van der Waals surface area contributed by atoms with E-state index in [1.54, 1.807) is 0 Å². The molecule has 0 heterocycles. The molecule has 0 fully saturated rings. The number of benzene rings is 1. The molecule has 5 nitrogen and oxygen atoms in total. The normalized spacial score (nSPS) is 10.7. The van der Waals surface area contributed by atoms with Crippen molar-refractivity contribution in [2.24, 2.45) is 0 Å².